The molecule has 1 aromatic rings. The third kappa shape index (κ3) is 2.80. The first-order valence-corrected chi connectivity index (χ1v) is 4.76. The molecule has 0 aromatic heterocycles. The van der Waals surface area contributed by atoms with E-state index in [9.17, 15) is 0 Å². The van der Waals surface area contributed by atoms with E-state index in [-0.39, 0.29) is 74.3 Å². The summed E-state index contributed by atoms with van der Waals surface area (Å²) in [7, 11) is 0. The van der Waals surface area contributed by atoms with E-state index in [2.05, 4.69) is 40.8 Å². The third-order valence-electron chi connectivity index (χ3n) is 2.32. The van der Waals surface area contributed by atoms with Crippen LogP contribution in [0.1, 0.15) is 15.3 Å². The number of nitrogens with zero attached hydrogens (tertiary/aromatic N) is 1. The fraction of sp³-hybridized carbons (Fsp3) is 0.300. The van der Waals surface area contributed by atoms with Crippen molar-refractivity contribution in [1.29, 1.82) is 0 Å². The van der Waals surface area contributed by atoms with Crippen molar-refractivity contribution in [2.24, 2.45) is 4.99 Å². The summed E-state index contributed by atoms with van der Waals surface area (Å²) in [5.41, 5.74) is 1.29. The molecule has 0 spiro atoms. The van der Waals surface area contributed by atoms with E-state index in [1.165, 1.54) is 10.8 Å². The number of halogens is 1. The van der Waals surface area contributed by atoms with Gasteiger partial charge in [0, 0.05) is 22.3 Å². The molecule has 0 amide bonds. The van der Waals surface area contributed by atoms with Crippen molar-refractivity contribution in [2.75, 3.05) is 0 Å². The topological polar surface area (TPSA) is 12.4 Å². The largest absolute Gasteiger partial charge is 1.00 e. The first-order valence-electron chi connectivity index (χ1n) is 3.96. The molecule has 14 heavy (non-hydrogen) atoms. The number of hydrogen-bond acceptors (Lipinski definition) is 1. The molecule has 0 aliphatic carbocycles. The molecule has 1 aliphatic heterocycles. The van der Waals surface area contributed by atoms with E-state index in [0.29, 0.717) is 0 Å². The van der Waals surface area contributed by atoms with Crippen LogP contribution in [-0.2, 0) is 17.1 Å². The molecular weight excluding hydrogens is 309 g/mol. The van der Waals surface area contributed by atoms with Crippen molar-refractivity contribution < 1.29 is 69.9 Å². The van der Waals surface area contributed by atoms with Gasteiger partial charge < -0.3 is 1.43 Å². The molecule has 0 bridgehead atoms. The quantitative estimate of drug-likeness (QED) is 0.321. The zero-order valence-corrected chi connectivity index (χ0v) is 14.3. The van der Waals surface area contributed by atoms with Crippen LogP contribution >= 0.6 is 15.9 Å². The number of benzene rings is 1. The zero-order valence-electron chi connectivity index (χ0n) is 9.49. The van der Waals surface area contributed by atoms with Crippen LogP contribution in [0.25, 0.3) is 5.57 Å². The van der Waals surface area contributed by atoms with Crippen LogP contribution < -0.4 is 62.0 Å². The normalized spacial score (nSPS) is 22.9. The van der Waals surface area contributed by atoms with Crippen LogP contribution in [0, 0.1) is 0 Å². The van der Waals surface area contributed by atoms with Gasteiger partial charge in [0.05, 0.1) is 5.36 Å². The number of alkyl halides is 1. The second-order valence-electron chi connectivity index (χ2n) is 3.21. The van der Waals surface area contributed by atoms with Crippen molar-refractivity contribution in [3.8, 4) is 0 Å². The molecular formula is C10H11BrFeKN. The summed E-state index contributed by atoms with van der Waals surface area (Å²) >= 11 is 3.58. The minimum absolute atomic E-state index is 0. The van der Waals surface area contributed by atoms with E-state index in [1.807, 2.05) is 18.2 Å². The summed E-state index contributed by atoms with van der Waals surface area (Å²) in [5.74, 6) is 0. The van der Waals surface area contributed by atoms with Crippen molar-refractivity contribution in [3.63, 3.8) is 0 Å². The standard InChI is InChI=1S/C10H10BrN.Fe.K.H/c1-7-8-5-3-4-6-9(8)12-10(7,2)11;;;/h3-6H,1-2H3;;;/q;;+1;-1. The van der Waals surface area contributed by atoms with Gasteiger partial charge in [0.25, 0.3) is 0 Å². The molecule has 0 saturated carbocycles. The average molecular weight is 320 g/mol. The van der Waals surface area contributed by atoms with Crippen LogP contribution in [0.4, 0.5) is 0 Å². The second-order valence-corrected chi connectivity index (χ2v) is 4.75. The molecule has 72 valence electrons. The maximum absolute atomic E-state index is 4.54. The second kappa shape index (κ2) is 5.74. The monoisotopic (exact) mass is 319 g/mol. The molecule has 1 aliphatic rings. The van der Waals surface area contributed by atoms with Gasteiger partial charge in [-0.3, -0.25) is 4.99 Å². The molecule has 0 radical (unpaired) electrons. The zero-order chi connectivity index (χ0) is 8.77. The Kier molecular flexibility index (Phi) is 6.36. The summed E-state index contributed by atoms with van der Waals surface area (Å²) in [6.45, 7) is 4.19. The minimum atomic E-state index is -0.184. The van der Waals surface area contributed by atoms with Gasteiger partial charge in [-0.2, -0.15) is 0 Å². The molecule has 1 aromatic carbocycles. The van der Waals surface area contributed by atoms with Crippen LogP contribution in [0.3, 0.4) is 0 Å². The molecule has 1 atom stereocenters. The Morgan fingerprint density at radius 1 is 1.36 bits per heavy atom. The third-order valence-corrected chi connectivity index (χ3v) is 3.09. The summed E-state index contributed by atoms with van der Waals surface area (Å²) in [5, 5.41) is 2.35. The Hall–Kier alpha value is 1.53. The molecule has 1 heterocycles. The molecule has 1 unspecified atom stereocenters. The summed E-state index contributed by atoms with van der Waals surface area (Å²) in [6.07, 6.45) is 0. The summed E-state index contributed by atoms with van der Waals surface area (Å²) < 4.78 is -0.184. The number of para-hydroxylation sites is 1. The fourth-order valence-electron chi connectivity index (χ4n) is 1.44. The van der Waals surface area contributed by atoms with E-state index < -0.39 is 0 Å². The molecule has 1 nitrogen and oxygen atoms in total. The van der Waals surface area contributed by atoms with Gasteiger partial charge in [-0.05, 0) is 25.5 Å². The van der Waals surface area contributed by atoms with Gasteiger partial charge in [-0.1, -0.05) is 34.1 Å². The predicted molar refractivity (Wildman–Crippen MR) is 54.7 cm³/mol. The van der Waals surface area contributed by atoms with Crippen molar-refractivity contribution in [1.82, 2.24) is 0 Å². The van der Waals surface area contributed by atoms with Gasteiger partial charge >= 0.3 is 51.4 Å². The van der Waals surface area contributed by atoms with Crippen molar-refractivity contribution in [3.05, 3.63) is 34.8 Å². The Balaban J connectivity index is 0. The molecule has 0 fully saturated rings. The predicted octanol–water partition coefficient (Wildman–Crippen LogP) is -1.28. The first kappa shape index (κ1) is 15.5. The Bertz CT molecular complexity index is 447. The van der Waals surface area contributed by atoms with Crippen LogP contribution in [0.15, 0.2) is 29.3 Å². The minimum Gasteiger partial charge on any atom is -1.00 e. The Labute approximate surface area is 147 Å². The summed E-state index contributed by atoms with van der Waals surface area (Å²) in [6, 6.07) is 8.22. The SMILES string of the molecule is CC1=c2ccccc2=NC1(C)Br.[Fe].[H-].[K+]. The van der Waals surface area contributed by atoms with Gasteiger partial charge in [0.1, 0.15) is 4.45 Å². The van der Waals surface area contributed by atoms with Crippen molar-refractivity contribution in [2.45, 2.75) is 18.3 Å². The van der Waals surface area contributed by atoms with E-state index >= 15 is 0 Å². The van der Waals surface area contributed by atoms with Crippen LogP contribution in [0.2, 0.25) is 0 Å². The molecule has 4 heteroatoms. The molecule has 0 N–H and O–H groups in total. The maximum atomic E-state index is 4.54. The number of rotatable bonds is 0. The number of hydrogen-bond donors (Lipinski definition) is 0. The van der Waals surface area contributed by atoms with Gasteiger partial charge in [-0.25, -0.2) is 0 Å². The summed E-state index contributed by atoms with van der Waals surface area (Å²) in [4.78, 5) is 4.54. The van der Waals surface area contributed by atoms with Gasteiger partial charge in [-0.15, -0.1) is 0 Å². The number of fused-ring (bicyclic) bond motifs is 1. The Morgan fingerprint density at radius 2 is 1.93 bits per heavy atom. The van der Waals surface area contributed by atoms with Crippen molar-refractivity contribution >= 4 is 21.5 Å². The van der Waals surface area contributed by atoms with Crippen LogP contribution in [0.5, 0.6) is 0 Å². The van der Waals surface area contributed by atoms with Gasteiger partial charge in [0.15, 0.2) is 0 Å². The fourth-order valence-corrected chi connectivity index (χ4v) is 1.85. The van der Waals surface area contributed by atoms with Crippen LogP contribution in [-0.4, -0.2) is 4.45 Å². The smallest absolute Gasteiger partial charge is 1.00 e. The van der Waals surface area contributed by atoms with Gasteiger partial charge in [0.2, 0.25) is 0 Å². The molecule has 2 rings (SSSR count). The maximum Gasteiger partial charge on any atom is 1.00 e. The Morgan fingerprint density at radius 3 is 2.50 bits per heavy atom. The van der Waals surface area contributed by atoms with E-state index in [4.69, 9.17) is 0 Å². The molecule has 0 saturated heterocycles. The average Bonchev–Trinajstić information content (AvgIpc) is 2.24. The first-order chi connectivity index (χ1) is 5.61. The van der Waals surface area contributed by atoms with E-state index in [0.717, 1.165) is 5.36 Å². The van der Waals surface area contributed by atoms with E-state index in [1.54, 1.807) is 0 Å².